The van der Waals surface area contributed by atoms with Crippen LogP contribution in [0.2, 0.25) is 0 Å². The number of carboxylic acid groups (broad SMARTS) is 1. The Bertz CT molecular complexity index is 712. The molecule has 0 unspecified atom stereocenters. The zero-order valence-electron chi connectivity index (χ0n) is 10.7. The Hall–Kier alpha value is -1.66. The third kappa shape index (κ3) is 3.71. The molecule has 0 saturated carbocycles. The van der Waals surface area contributed by atoms with Gasteiger partial charge < -0.3 is 15.6 Å². The predicted octanol–water partition coefficient (Wildman–Crippen LogP) is 2.32. The second-order valence-corrected chi connectivity index (χ2v) is 6.24. The molecule has 0 aliphatic rings. The van der Waals surface area contributed by atoms with Gasteiger partial charge in [0.2, 0.25) is 0 Å². The standard InChI is InChI=1S/C15H11Br2NO3/c16-10-3-1-8(2-4-10)15(21)12-7-11(17)5-9(14(12)18)6-13(19)20/h1-5,7H,6,18H2,(H,19,20)/p-1. The molecule has 2 aromatic rings. The minimum absolute atomic E-state index is 0.162. The number of nitrogens with two attached hydrogens (primary N) is 1. The number of carbonyl (C=O) groups excluding carboxylic acids is 2. The van der Waals surface area contributed by atoms with Crippen LogP contribution >= 0.6 is 31.9 Å². The lowest BCUT2D eigenvalue weighted by atomic mass is 9.98. The SMILES string of the molecule is Nc1c(CC(=O)[O-])cc(Br)cc1C(=O)c1ccc(Br)cc1. The molecule has 0 saturated heterocycles. The van der Waals surface area contributed by atoms with Crippen molar-refractivity contribution in [1.29, 1.82) is 0 Å². The first-order valence-corrected chi connectivity index (χ1v) is 7.55. The molecule has 6 heteroatoms. The van der Waals surface area contributed by atoms with Crippen LogP contribution in [0.4, 0.5) is 5.69 Å². The maximum Gasteiger partial charge on any atom is 0.195 e. The maximum atomic E-state index is 12.5. The first-order chi connectivity index (χ1) is 9.88. The Morgan fingerprint density at radius 3 is 2.24 bits per heavy atom. The lowest BCUT2D eigenvalue weighted by Crippen LogP contribution is -2.25. The molecule has 0 bridgehead atoms. The van der Waals surface area contributed by atoms with Crippen LogP contribution in [0.15, 0.2) is 45.3 Å². The Morgan fingerprint density at radius 2 is 1.67 bits per heavy atom. The van der Waals surface area contributed by atoms with Crippen molar-refractivity contribution in [3.8, 4) is 0 Å². The van der Waals surface area contributed by atoms with Crippen molar-refractivity contribution >= 4 is 49.3 Å². The molecular weight excluding hydrogens is 402 g/mol. The van der Waals surface area contributed by atoms with E-state index in [1.165, 1.54) is 0 Å². The molecule has 2 rings (SSSR count). The number of hydrogen-bond donors (Lipinski definition) is 1. The smallest absolute Gasteiger partial charge is 0.195 e. The zero-order valence-corrected chi connectivity index (χ0v) is 13.9. The van der Waals surface area contributed by atoms with Gasteiger partial charge in [0.25, 0.3) is 0 Å². The fourth-order valence-electron chi connectivity index (χ4n) is 1.92. The van der Waals surface area contributed by atoms with E-state index in [1.807, 2.05) is 0 Å². The second kappa shape index (κ2) is 6.41. The van der Waals surface area contributed by atoms with Gasteiger partial charge in [-0.15, -0.1) is 0 Å². The molecule has 0 heterocycles. The highest BCUT2D eigenvalue weighted by Crippen LogP contribution is 2.27. The van der Waals surface area contributed by atoms with Crippen molar-refractivity contribution in [1.82, 2.24) is 0 Å². The van der Waals surface area contributed by atoms with Gasteiger partial charge in [-0.1, -0.05) is 31.9 Å². The minimum Gasteiger partial charge on any atom is -0.550 e. The predicted molar refractivity (Wildman–Crippen MR) is 84.8 cm³/mol. The van der Waals surface area contributed by atoms with E-state index in [9.17, 15) is 14.7 Å². The van der Waals surface area contributed by atoms with Crippen LogP contribution in [0.1, 0.15) is 21.5 Å². The summed E-state index contributed by atoms with van der Waals surface area (Å²) in [5, 5.41) is 10.7. The van der Waals surface area contributed by atoms with Crippen molar-refractivity contribution in [3.63, 3.8) is 0 Å². The Morgan fingerprint density at radius 1 is 1.05 bits per heavy atom. The van der Waals surface area contributed by atoms with Crippen molar-refractivity contribution in [2.75, 3.05) is 5.73 Å². The number of aliphatic carboxylic acids is 1. The molecule has 0 atom stereocenters. The summed E-state index contributed by atoms with van der Waals surface area (Å²) >= 11 is 6.56. The summed E-state index contributed by atoms with van der Waals surface area (Å²) < 4.78 is 1.45. The van der Waals surface area contributed by atoms with Gasteiger partial charge in [0.05, 0.1) is 0 Å². The highest BCUT2D eigenvalue weighted by molar-refractivity contribution is 9.10. The van der Waals surface area contributed by atoms with Crippen molar-refractivity contribution in [2.24, 2.45) is 0 Å². The summed E-state index contributed by atoms with van der Waals surface area (Å²) in [5.41, 5.74) is 7.18. The number of anilines is 1. The number of ketones is 1. The van der Waals surface area contributed by atoms with Gasteiger partial charge in [0.1, 0.15) is 0 Å². The van der Waals surface area contributed by atoms with Crippen LogP contribution in [-0.4, -0.2) is 11.8 Å². The van der Waals surface area contributed by atoms with Crippen LogP contribution in [0.5, 0.6) is 0 Å². The van der Waals surface area contributed by atoms with Crippen LogP contribution in [0.25, 0.3) is 0 Å². The molecule has 108 valence electrons. The molecule has 4 nitrogen and oxygen atoms in total. The van der Waals surface area contributed by atoms with Crippen LogP contribution in [0.3, 0.4) is 0 Å². The number of hydrogen-bond acceptors (Lipinski definition) is 4. The van der Waals surface area contributed by atoms with Gasteiger partial charge in [-0.05, 0) is 42.0 Å². The Labute approximate surface area is 138 Å². The molecule has 0 aliphatic heterocycles. The van der Waals surface area contributed by atoms with E-state index in [1.54, 1.807) is 36.4 Å². The van der Waals surface area contributed by atoms with Gasteiger partial charge in [-0.3, -0.25) is 4.79 Å². The first-order valence-electron chi connectivity index (χ1n) is 5.96. The maximum absolute atomic E-state index is 12.5. The van der Waals surface area contributed by atoms with Crippen molar-refractivity contribution < 1.29 is 14.7 Å². The number of nitrogen functional groups attached to an aromatic ring is 1. The van der Waals surface area contributed by atoms with Gasteiger partial charge in [0.15, 0.2) is 5.78 Å². The van der Waals surface area contributed by atoms with Gasteiger partial charge in [-0.2, -0.15) is 0 Å². The second-order valence-electron chi connectivity index (χ2n) is 4.41. The molecule has 0 amide bonds. The third-order valence-electron chi connectivity index (χ3n) is 2.92. The highest BCUT2D eigenvalue weighted by Gasteiger charge is 2.16. The van der Waals surface area contributed by atoms with E-state index < -0.39 is 5.97 Å². The molecule has 0 spiro atoms. The fraction of sp³-hybridized carbons (Fsp3) is 0.0667. The van der Waals surface area contributed by atoms with E-state index >= 15 is 0 Å². The molecule has 2 N–H and O–H groups in total. The molecule has 0 radical (unpaired) electrons. The van der Waals surface area contributed by atoms with E-state index in [2.05, 4.69) is 31.9 Å². The van der Waals surface area contributed by atoms with Crippen LogP contribution in [0, 0.1) is 0 Å². The number of carbonyl (C=O) groups is 2. The van der Waals surface area contributed by atoms with Gasteiger partial charge >= 0.3 is 0 Å². The van der Waals surface area contributed by atoms with Crippen molar-refractivity contribution in [3.05, 3.63) is 62.0 Å². The minimum atomic E-state index is -1.25. The number of benzene rings is 2. The lowest BCUT2D eigenvalue weighted by Gasteiger charge is -2.12. The van der Waals surface area contributed by atoms with Crippen molar-refractivity contribution in [2.45, 2.75) is 6.42 Å². The average Bonchev–Trinajstić information content (AvgIpc) is 2.42. The summed E-state index contributed by atoms with van der Waals surface area (Å²) in [4.78, 5) is 23.2. The van der Waals surface area contributed by atoms with Crippen LogP contribution in [-0.2, 0) is 11.2 Å². The van der Waals surface area contributed by atoms with E-state index in [4.69, 9.17) is 5.73 Å². The Balaban J connectivity index is 2.47. The summed E-state index contributed by atoms with van der Waals surface area (Å²) in [6.07, 6.45) is -0.341. The Kier molecular flexibility index (Phi) is 4.80. The number of rotatable bonds is 4. The highest BCUT2D eigenvalue weighted by atomic mass is 79.9. The van der Waals surface area contributed by atoms with Gasteiger partial charge in [-0.25, -0.2) is 0 Å². The normalized spacial score (nSPS) is 10.4. The molecular formula is C15H10Br2NO3-. The van der Waals surface area contributed by atoms with Crippen LogP contribution < -0.4 is 10.8 Å². The quantitative estimate of drug-likeness (QED) is 0.618. The third-order valence-corrected chi connectivity index (χ3v) is 3.90. The monoisotopic (exact) mass is 410 g/mol. The van der Waals surface area contributed by atoms with E-state index in [0.717, 1.165) is 4.47 Å². The average molecular weight is 412 g/mol. The summed E-state index contributed by atoms with van der Waals surface area (Å²) in [6, 6.07) is 10.0. The first kappa shape index (κ1) is 15.7. The largest absolute Gasteiger partial charge is 0.550 e. The van der Waals surface area contributed by atoms with E-state index in [0.29, 0.717) is 15.6 Å². The molecule has 2 aromatic carbocycles. The number of carboxylic acids is 1. The molecule has 21 heavy (non-hydrogen) atoms. The summed E-state index contributed by atoms with van der Waals surface area (Å²) in [5.74, 6) is -1.51. The fourth-order valence-corrected chi connectivity index (χ4v) is 2.69. The van der Waals surface area contributed by atoms with E-state index in [-0.39, 0.29) is 23.5 Å². The zero-order chi connectivity index (χ0) is 15.6. The number of halogens is 2. The molecule has 0 aliphatic carbocycles. The summed E-state index contributed by atoms with van der Waals surface area (Å²) in [6.45, 7) is 0. The lowest BCUT2D eigenvalue weighted by molar-refractivity contribution is -0.304. The topological polar surface area (TPSA) is 83.2 Å². The summed E-state index contributed by atoms with van der Waals surface area (Å²) in [7, 11) is 0. The van der Waals surface area contributed by atoms with Gasteiger partial charge in [0, 0.05) is 38.1 Å². The molecule has 0 aromatic heterocycles. The molecule has 0 fully saturated rings.